The fourth-order valence-electron chi connectivity index (χ4n) is 3.78. The van der Waals surface area contributed by atoms with Gasteiger partial charge in [0.15, 0.2) is 12.4 Å². The molecule has 2 aliphatic rings. The van der Waals surface area contributed by atoms with E-state index in [4.69, 9.17) is 32.4 Å². The van der Waals surface area contributed by atoms with Gasteiger partial charge in [-0.15, -0.1) is 0 Å². The topological polar surface area (TPSA) is 192 Å². The summed E-state index contributed by atoms with van der Waals surface area (Å²) in [6, 6.07) is -1.62. The van der Waals surface area contributed by atoms with E-state index < -0.39 is 61.2 Å². The molecule has 1 saturated heterocycles. The van der Waals surface area contributed by atoms with Gasteiger partial charge >= 0.3 is 0 Å². The highest BCUT2D eigenvalue weighted by Gasteiger charge is 2.44. The van der Waals surface area contributed by atoms with Crippen molar-refractivity contribution in [2.75, 3.05) is 13.1 Å². The van der Waals surface area contributed by atoms with Crippen molar-refractivity contribution in [3.8, 4) is 0 Å². The van der Waals surface area contributed by atoms with Crippen LogP contribution in [0.5, 0.6) is 0 Å². The fraction of sp³-hybridized carbons (Fsp3) is 0.941. The Balaban J connectivity index is 1.98. The number of hydrogen-bond donors (Lipinski definition) is 7. The maximum Gasteiger partial charge on any atom is 0.252 e. The predicted octanol–water partition coefficient (Wildman–Crippen LogP) is -2.97. The first-order valence-corrected chi connectivity index (χ1v) is 9.72. The van der Waals surface area contributed by atoms with Gasteiger partial charge in [0.2, 0.25) is 0 Å². The van der Waals surface area contributed by atoms with Crippen LogP contribution in [0.25, 0.3) is 0 Å². The first kappa shape index (κ1) is 23.4. The molecule has 0 aromatic rings. The van der Waals surface area contributed by atoms with Gasteiger partial charge in [-0.2, -0.15) is 0 Å². The minimum absolute atomic E-state index is 0.144. The molecule has 0 spiro atoms. The van der Waals surface area contributed by atoms with Gasteiger partial charge < -0.3 is 47.9 Å². The quantitative estimate of drug-likeness (QED) is 0.231. The molecule has 1 aliphatic heterocycles. The summed E-state index contributed by atoms with van der Waals surface area (Å²) in [5.41, 5.74) is 23.1. The van der Waals surface area contributed by atoms with Gasteiger partial charge in [-0.25, -0.2) is 4.39 Å². The SMILES string of the molecule is C[C@@H]1[C@@H](O)[C@H](NC(=O)C(O)[C@@H](F)CN)C[C@H](N)[C@H]1O[C@H]1O[C@H](CN)CC[C@H]1N. The van der Waals surface area contributed by atoms with E-state index in [1.165, 1.54) is 0 Å². The van der Waals surface area contributed by atoms with Crippen LogP contribution < -0.4 is 28.3 Å². The molecule has 1 aliphatic carbocycles. The second kappa shape index (κ2) is 10.2. The molecule has 2 fully saturated rings. The zero-order valence-corrected chi connectivity index (χ0v) is 16.1. The maximum atomic E-state index is 13.4. The number of carbonyl (C=O) groups excluding carboxylic acids is 1. The predicted molar refractivity (Wildman–Crippen MR) is 99.4 cm³/mol. The van der Waals surface area contributed by atoms with E-state index in [0.29, 0.717) is 13.0 Å². The number of carbonyl (C=O) groups is 1. The molecule has 0 aromatic carbocycles. The first-order valence-electron chi connectivity index (χ1n) is 9.72. The summed E-state index contributed by atoms with van der Waals surface area (Å²) in [6.45, 7) is 1.60. The van der Waals surface area contributed by atoms with Gasteiger partial charge in [0.1, 0.15) is 6.17 Å². The molecule has 11 heteroatoms. The normalized spacial score (nSPS) is 41.3. The Morgan fingerprint density at radius 1 is 1.32 bits per heavy atom. The van der Waals surface area contributed by atoms with E-state index in [-0.39, 0.29) is 18.6 Å². The number of rotatable bonds is 7. The minimum atomic E-state index is -1.90. The number of hydrogen-bond acceptors (Lipinski definition) is 9. The number of aliphatic hydroxyl groups is 2. The Morgan fingerprint density at radius 3 is 2.61 bits per heavy atom. The van der Waals surface area contributed by atoms with Crippen molar-refractivity contribution in [2.45, 2.75) is 81.2 Å². The highest BCUT2D eigenvalue weighted by Crippen LogP contribution is 2.30. The van der Waals surface area contributed by atoms with Crippen LogP contribution in [-0.4, -0.2) is 84.2 Å². The maximum absolute atomic E-state index is 13.4. The smallest absolute Gasteiger partial charge is 0.252 e. The van der Waals surface area contributed by atoms with Crippen LogP contribution in [0.1, 0.15) is 26.2 Å². The van der Waals surface area contributed by atoms with Crippen LogP contribution in [0.2, 0.25) is 0 Å². The molecular weight excluding hydrogens is 373 g/mol. The van der Waals surface area contributed by atoms with Crippen molar-refractivity contribution in [1.82, 2.24) is 5.32 Å². The molecule has 0 aromatic heterocycles. The number of nitrogens with two attached hydrogens (primary N) is 4. The van der Waals surface area contributed by atoms with Crippen molar-refractivity contribution in [1.29, 1.82) is 0 Å². The molecule has 28 heavy (non-hydrogen) atoms. The van der Waals surface area contributed by atoms with E-state index in [1.54, 1.807) is 6.92 Å². The molecule has 1 saturated carbocycles. The van der Waals surface area contributed by atoms with Crippen molar-refractivity contribution < 1.29 is 28.9 Å². The molecule has 1 unspecified atom stereocenters. The molecule has 11 N–H and O–H groups in total. The van der Waals surface area contributed by atoms with Gasteiger partial charge in [0.05, 0.1) is 30.4 Å². The summed E-state index contributed by atoms with van der Waals surface area (Å²) in [5, 5.41) is 22.7. The largest absolute Gasteiger partial charge is 0.391 e. The Morgan fingerprint density at radius 2 is 2.00 bits per heavy atom. The number of halogens is 1. The Labute approximate surface area is 164 Å². The lowest BCUT2D eigenvalue weighted by Gasteiger charge is -2.45. The van der Waals surface area contributed by atoms with Gasteiger partial charge in [-0.05, 0) is 19.3 Å². The fourth-order valence-corrected chi connectivity index (χ4v) is 3.78. The zero-order chi connectivity index (χ0) is 21.0. The summed E-state index contributed by atoms with van der Waals surface area (Å²) in [5.74, 6) is -1.40. The average Bonchev–Trinajstić information content (AvgIpc) is 2.69. The summed E-state index contributed by atoms with van der Waals surface area (Å²) < 4.78 is 25.2. The highest BCUT2D eigenvalue weighted by molar-refractivity contribution is 5.81. The van der Waals surface area contributed by atoms with Crippen LogP contribution >= 0.6 is 0 Å². The molecule has 1 heterocycles. The van der Waals surface area contributed by atoms with E-state index >= 15 is 0 Å². The number of ether oxygens (including phenoxy) is 2. The number of alkyl halides is 1. The third-order valence-electron chi connectivity index (χ3n) is 5.63. The van der Waals surface area contributed by atoms with Gasteiger partial charge in [-0.3, -0.25) is 4.79 Å². The number of nitrogens with one attached hydrogen (secondary N) is 1. The van der Waals surface area contributed by atoms with Crippen molar-refractivity contribution in [3.63, 3.8) is 0 Å². The molecule has 1 amide bonds. The van der Waals surface area contributed by atoms with Crippen LogP contribution in [0.4, 0.5) is 4.39 Å². The standard InChI is InChI=1S/C17H34FN5O5/c1-7-13(24)12(23-16(26)14(25)9(18)6-20)4-11(22)15(7)28-17-10(21)3-2-8(5-19)27-17/h7-15,17,24-25H,2-6,19-22H2,1H3,(H,23,26)/t7-,8+,9+,10-,11+,12-,13-,14?,15+,17-/m1/s1. The van der Waals surface area contributed by atoms with Crippen LogP contribution in [-0.2, 0) is 14.3 Å². The van der Waals surface area contributed by atoms with Gasteiger partial charge in [0, 0.05) is 25.0 Å². The molecule has 10 atom stereocenters. The Kier molecular flexibility index (Phi) is 8.52. The Hall–Kier alpha value is -0.920. The van der Waals surface area contributed by atoms with Crippen molar-refractivity contribution >= 4 is 5.91 Å². The Bertz CT molecular complexity index is 518. The second-order valence-corrected chi connectivity index (χ2v) is 7.76. The molecule has 10 nitrogen and oxygen atoms in total. The summed E-state index contributed by atoms with van der Waals surface area (Å²) in [6.07, 6.45) is -4.55. The average molecular weight is 407 g/mol. The number of amides is 1. The van der Waals surface area contributed by atoms with Crippen LogP contribution in [0, 0.1) is 5.92 Å². The molecule has 164 valence electrons. The zero-order valence-electron chi connectivity index (χ0n) is 16.1. The lowest BCUT2D eigenvalue weighted by Crippen LogP contribution is -2.63. The van der Waals surface area contributed by atoms with Crippen LogP contribution in [0.15, 0.2) is 0 Å². The van der Waals surface area contributed by atoms with E-state index in [9.17, 15) is 19.4 Å². The van der Waals surface area contributed by atoms with Gasteiger partial charge in [0.25, 0.3) is 5.91 Å². The van der Waals surface area contributed by atoms with E-state index in [2.05, 4.69) is 5.32 Å². The number of aliphatic hydroxyl groups excluding tert-OH is 2. The summed E-state index contributed by atoms with van der Waals surface area (Å²) >= 11 is 0. The molecular formula is C17H34FN5O5. The van der Waals surface area contributed by atoms with Crippen molar-refractivity contribution in [3.05, 3.63) is 0 Å². The van der Waals surface area contributed by atoms with Crippen LogP contribution in [0.3, 0.4) is 0 Å². The molecule has 0 radical (unpaired) electrons. The van der Waals surface area contributed by atoms with E-state index in [0.717, 1.165) is 6.42 Å². The summed E-state index contributed by atoms with van der Waals surface area (Å²) in [7, 11) is 0. The first-order chi connectivity index (χ1) is 13.2. The van der Waals surface area contributed by atoms with E-state index in [1.807, 2.05) is 0 Å². The highest BCUT2D eigenvalue weighted by atomic mass is 19.1. The monoisotopic (exact) mass is 407 g/mol. The second-order valence-electron chi connectivity index (χ2n) is 7.76. The van der Waals surface area contributed by atoms with Crippen molar-refractivity contribution in [2.24, 2.45) is 28.9 Å². The lowest BCUT2D eigenvalue weighted by molar-refractivity contribution is -0.242. The summed E-state index contributed by atoms with van der Waals surface area (Å²) in [4.78, 5) is 12.0. The molecule has 0 bridgehead atoms. The third kappa shape index (κ3) is 5.36. The minimum Gasteiger partial charge on any atom is -0.391 e. The van der Waals surface area contributed by atoms with Gasteiger partial charge in [-0.1, -0.05) is 6.92 Å². The lowest BCUT2D eigenvalue weighted by atomic mass is 9.78. The third-order valence-corrected chi connectivity index (χ3v) is 5.63. The molecule has 2 rings (SSSR count).